The van der Waals surface area contributed by atoms with Crippen LogP contribution in [-0.2, 0) is 12.8 Å². The molecule has 3 heteroatoms. The molecule has 2 aliphatic rings. The van der Waals surface area contributed by atoms with Crippen LogP contribution in [0.3, 0.4) is 0 Å². The molecule has 3 nitrogen and oxygen atoms in total. The molecule has 0 spiro atoms. The molecule has 1 fully saturated rings. The van der Waals surface area contributed by atoms with Gasteiger partial charge in [0.2, 0.25) is 0 Å². The van der Waals surface area contributed by atoms with Crippen LogP contribution in [0.25, 0.3) is 110 Å². The Bertz CT molecular complexity index is 3840. The molecule has 0 radical (unpaired) electrons. The first kappa shape index (κ1) is 36.8. The maximum atomic E-state index is 6.50. The minimum atomic E-state index is 0.906. The zero-order valence-corrected chi connectivity index (χ0v) is 36.2. The van der Waals surface area contributed by atoms with Gasteiger partial charge >= 0.3 is 0 Å². The molecule has 0 aliphatic heterocycles. The molecule has 3 heterocycles. The maximum absolute atomic E-state index is 6.50. The predicted molar refractivity (Wildman–Crippen MR) is 272 cm³/mol. The van der Waals surface area contributed by atoms with Gasteiger partial charge in [0, 0.05) is 43.7 Å². The maximum Gasteiger partial charge on any atom is 0.135 e. The van der Waals surface area contributed by atoms with E-state index < -0.39 is 0 Å². The van der Waals surface area contributed by atoms with E-state index in [1.54, 1.807) is 0 Å². The van der Waals surface area contributed by atoms with Crippen LogP contribution in [0.4, 0.5) is 0 Å². The van der Waals surface area contributed by atoms with E-state index in [0.717, 1.165) is 46.4 Å². The van der Waals surface area contributed by atoms with Gasteiger partial charge in [-0.25, -0.2) is 0 Å². The molecule has 0 saturated heterocycles. The Balaban J connectivity index is 0.810. The van der Waals surface area contributed by atoms with E-state index in [9.17, 15) is 0 Å². The lowest BCUT2D eigenvalue weighted by atomic mass is 9.81. The fourth-order valence-corrected chi connectivity index (χ4v) is 11.5. The molecule has 1 saturated carbocycles. The summed E-state index contributed by atoms with van der Waals surface area (Å²) in [6, 6.07) is 70.1. The third-order valence-corrected chi connectivity index (χ3v) is 15.0. The van der Waals surface area contributed by atoms with Crippen LogP contribution in [-0.4, -0.2) is 9.13 Å². The molecule has 12 aromatic rings. The van der Waals surface area contributed by atoms with Gasteiger partial charge in [-0.2, -0.15) is 0 Å². The van der Waals surface area contributed by atoms with Gasteiger partial charge in [-0.1, -0.05) is 129 Å². The van der Waals surface area contributed by atoms with Crippen molar-refractivity contribution in [3.63, 3.8) is 0 Å². The number of hydrogen-bond donors (Lipinski definition) is 0. The lowest BCUT2D eigenvalue weighted by Gasteiger charge is -2.25. The molecular weight excluding hydrogens is 789 g/mol. The average molecular weight is 835 g/mol. The van der Waals surface area contributed by atoms with Crippen molar-refractivity contribution in [2.45, 2.75) is 44.9 Å². The molecule has 0 N–H and O–H groups in total. The fraction of sp³-hybridized carbons (Fsp3) is 0.129. The van der Waals surface area contributed by atoms with Gasteiger partial charge in [0.15, 0.2) is 0 Å². The normalized spacial score (nSPS) is 13.7. The second-order valence-electron chi connectivity index (χ2n) is 18.7. The lowest BCUT2D eigenvalue weighted by molar-refractivity contribution is 0.290. The smallest absolute Gasteiger partial charge is 0.135 e. The van der Waals surface area contributed by atoms with E-state index in [4.69, 9.17) is 4.42 Å². The van der Waals surface area contributed by atoms with Gasteiger partial charge in [-0.05, 0) is 160 Å². The van der Waals surface area contributed by atoms with Crippen LogP contribution >= 0.6 is 0 Å². The van der Waals surface area contributed by atoms with Crippen LogP contribution < -0.4 is 0 Å². The van der Waals surface area contributed by atoms with E-state index >= 15 is 0 Å². The highest BCUT2D eigenvalue weighted by Gasteiger charge is 2.22. The molecule has 9 aromatic carbocycles. The third-order valence-electron chi connectivity index (χ3n) is 15.0. The first-order chi connectivity index (χ1) is 32.2. The number of rotatable bonds is 8. The van der Waals surface area contributed by atoms with Crippen molar-refractivity contribution in [3.05, 3.63) is 205 Å². The lowest BCUT2D eigenvalue weighted by Crippen LogP contribution is -2.10. The second-order valence-corrected chi connectivity index (χ2v) is 18.7. The van der Waals surface area contributed by atoms with Crippen molar-refractivity contribution in [1.82, 2.24) is 9.13 Å². The first-order valence-electron chi connectivity index (χ1n) is 23.5. The molecule has 310 valence electrons. The number of aromatic nitrogens is 2. The Labute approximate surface area is 377 Å². The molecule has 0 bridgehead atoms. The molecule has 3 aromatic heterocycles. The van der Waals surface area contributed by atoms with E-state index in [1.165, 1.54) is 131 Å². The Morgan fingerprint density at radius 1 is 0.415 bits per heavy atom. The van der Waals surface area contributed by atoms with E-state index in [0.29, 0.717) is 0 Å². The van der Waals surface area contributed by atoms with E-state index in [1.807, 2.05) is 0 Å². The Hall–Kier alpha value is -7.62. The second kappa shape index (κ2) is 14.5. The first-order valence-corrected chi connectivity index (χ1v) is 23.5. The van der Waals surface area contributed by atoms with Crippen molar-refractivity contribution >= 4 is 65.6 Å². The summed E-state index contributed by atoms with van der Waals surface area (Å²) in [6.07, 6.45) is 9.03. The zero-order chi connectivity index (χ0) is 42.6. The molecule has 0 unspecified atom stereocenters. The Morgan fingerprint density at radius 2 is 0.969 bits per heavy atom. The highest BCUT2D eigenvalue weighted by Crippen LogP contribution is 2.43. The van der Waals surface area contributed by atoms with Crippen LogP contribution in [0.15, 0.2) is 192 Å². The minimum Gasteiger partial charge on any atom is -0.456 e. The topological polar surface area (TPSA) is 23.0 Å². The van der Waals surface area contributed by atoms with Gasteiger partial charge in [0.05, 0.1) is 22.1 Å². The highest BCUT2D eigenvalue weighted by molar-refractivity contribution is 6.12. The number of hydrogen-bond acceptors (Lipinski definition) is 1. The summed E-state index contributed by atoms with van der Waals surface area (Å²) in [5.41, 5.74) is 20.8. The number of para-hydroxylation sites is 3. The summed E-state index contributed by atoms with van der Waals surface area (Å²) in [5, 5.41) is 7.47. The van der Waals surface area contributed by atoms with Crippen LogP contribution in [0, 0.1) is 5.92 Å². The summed E-state index contributed by atoms with van der Waals surface area (Å²) in [5.74, 6) is 0.958. The van der Waals surface area contributed by atoms with Crippen molar-refractivity contribution in [2.24, 2.45) is 5.92 Å². The molecule has 14 rings (SSSR count). The monoisotopic (exact) mass is 834 g/mol. The van der Waals surface area contributed by atoms with E-state index in [-0.39, 0.29) is 0 Å². The van der Waals surface area contributed by atoms with Crippen LogP contribution in [0.1, 0.15) is 48.8 Å². The summed E-state index contributed by atoms with van der Waals surface area (Å²) < 4.78 is 11.4. The van der Waals surface area contributed by atoms with Crippen molar-refractivity contribution < 1.29 is 4.42 Å². The number of benzene rings is 9. The van der Waals surface area contributed by atoms with E-state index in [2.05, 4.69) is 197 Å². The predicted octanol–water partition coefficient (Wildman–Crippen LogP) is 16.8. The standard InChI is InChI=1S/C62H46N2O/c1-4-19-57-49(16-1)50-17-2-5-20-58(50)63(57)47-27-25-46-34-45-24-23-43(35-52(45)53(46)37-47)41-14-9-15-42(33-41)44-26-30-61-55(36-44)56-38-48(28-31-62(56)65-61)64-59-21-6-3-18-51(59)54-32-40(22-29-60(54)64)13-8-12-39-10-7-11-39/h1-6,9,14-33,35-39H,7-8,10-13,34H2. The molecule has 0 amide bonds. The Morgan fingerprint density at radius 3 is 1.68 bits per heavy atom. The van der Waals surface area contributed by atoms with Gasteiger partial charge in [-0.15, -0.1) is 0 Å². The van der Waals surface area contributed by atoms with Crippen LogP contribution in [0.5, 0.6) is 0 Å². The number of aryl methyl sites for hydroxylation is 1. The van der Waals surface area contributed by atoms with Crippen LogP contribution in [0.2, 0.25) is 0 Å². The van der Waals surface area contributed by atoms with Gasteiger partial charge in [0.25, 0.3) is 0 Å². The summed E-state index contributed by atoms with van der Waals surface area (Å²) in [6.45, 7) is 0. The largest absolute Gasteiger partial charge is 0.456 e. The number of nitrogens with zero attached hydrogens (tertiary/aromatic N) is 2. The third kappa shape index (κ3) is 5.88. The summed E-state index contributed by atoms with van der Waals surface area (Å²) in [7, 11) is 0. The fourth-order valence-electron chi connectivity index (χ4n) is 11.5. The zero-order valence-electron chi connectivity index (χ0n) is 36.2. The van der Waals surface area contributed by atoms with Gasteiger partial charge in [-0.3, -0.25) is 0 Å². The molecular formula is C62H46N2O. The highest BCUT2D eigenvalue weighted by atomic mass is 16.3. The SMILES string of the molecule is c1cc(-c2ccc3c(c2)-c2cc(-n4c5ccccc5c5ccccc54)ccc2C3)cc(-c2ccc3oc4ccc(-n5c6ccccc6c6cc(CCCC7CCC7)ccc65)cc4c3c2)c1. The average Bonchev–Trinajstić information content (AvgIpc) is 4.09. The number of fused-ring (bicyclic) bond motifs is 12. The molecule has 65 heavy (non-hydrogen) atoms. The summed E-state index contributed by atoms with van der Waals surface area (Å²) in [4.78, 5) is 0. The van der Waals surface area contributed by atoms with Gasteiger partial charge in [0.1, 0.15) is 11.2 Å². The van der Waals surface area contributed by atoms with Crippen molar-refractivity contribution in [1.29, 1.82) is 0 Å². The summed E-state index contributed by atoms with van der Waals surface area (Å²) >= 11 is 0. The van der Waals surface area contributed by atoms with Gasteiger partial charge < -0.3 is 13.6 Å². The Kier molecular flexibility index (Phi) is 8.19. The van der Waals surface area contributed by atoms with Crippen molar-refractivity contribution in [3.8, 4) is 44.8 Å². The molecule has 2 aliphatic carbocycles. The molecule has 0 atom stereocenters. The minimum absolute atomic E-state index is 0.906. The van der Waals surface area contributed by atoms with Crippen molar-refractivity contribution in [2.75, 3.05) is 0 Å². The quantitative estimate of drug-likeness (QED) is 0.150. The number of furan rings is 1.